The molecule has 0 spiro atoms. The maximum absolute atomic E-state index is 11.8. The van der Waals surface area contributed by atoms with Gasteiger partial charge in [-0.15, -0.1) is 0 Å². The van der Waals surface area contributed by atoms with Gasteiger partial charge in [0.15, 0.2) is 6.29 Å². The molecule has 31 heavy (non-hydrogen) atoms. The highest BCUT2D eigenvalue weighted by atomic mass is 16.6. The molecule has 0 aromatic heterocycles. The standard InChI is InChI=1S/C24H46O7/c1-2-3-4-5-6-7-8-9-10-11-12-13-14-15-16-17-20(25)30-18-19-21(26)22(27)23(28)24(29)31-19/h19,21-24,26-29H,2-18H2,1H3/t19-,21+,22+,23-,24-/m1/s1. The van der Waals surface area contributed by atoms with Crippen LogP contribution < -0.4 is 0 Å². The maximum atomic E-state index is 11.8. The van der Waals surface area contributed by atoms with Gasteiger partial charge in [-0.05, 0) is 6.42 Å². The number of carbonyl (C=O) groups excluding carboxylic acids is 1. The van der Waals surface area contributed by atoms with Gasteiger partial charge in [0, 0.05) is 6.42 Å². The van der Waals surface area contributed by atoms with Gasteiger partial charge in [0.05, 0.1) is 0 Å². The molecule has 7 heteroatoms. The first-order chi connectivity index (χ1) is 15.0. The van der Waals surface area contributed by atoms with Crippen LogP contribution in [0.25, 0.3) is 0 Å². The van der Waals surface area contributed by atoms with Crippen LogP contribution in [-0.4, -0.2) is 63.7 Å². The molecule has 0 amide bonds. The minimum atomic E-state index is -1.61. The van der Waals surface area contributed by atoms with E-state index < -0.39 is 30.7 Å². The van der Waals surface area contributed by atoms with E-state index in [1.807, 2.05) is 0 Å². The number of hydrogen-bond acceptors (Lipinski definition) is 7. The second kappa shape index (κ2) is 17.8. The molecule has 5 atom stereocenters. The third-order valence-corrected chi connectivity index (χ3v) is 6.08. The van der Waals surface area contributed by atoms with Crippen LogP contribution in [-0.2, 0) is 14.3 Å². The number of carbonyl (C=O) groups is 1. The van der Waals surface area contributed by atoms with Crippen molar-refractivity contribution in [2.24, 2.45) is 0 Å². The predicted octanol–water partition coefficient (Wildman–Crippen LogP) is 3.59. The first-order valence-electron chi connectivity index (χ1n) is 12.5. The summed E-state index contributed by atoms with van der Waals surface area (Å²) in [7, 11) is 0. The van der Waals surface area contributed by atoms with E-state index in [1.165, 1.54) is 77.0 Å². The van der Waals surface area contributed by atoms with Gasteiger partial charge >= 0.3 is 5.97 Å². The molecule has 0 unspecified atom stereocenters. The fourth-order valence-electron chi connectivity index (χ4n) is 3.96. The molecule has 1 rings (SSSR count). The Hall–Kier alpha value is -0.730. The lowest BCUT2D eigenvalue weighted by Crippen LogP contribution is -2.58. The van der Waals surface area contributed by atoms with Gasteiger partial charge in [0.2, 0.25) is 0 Å². The number of aliphatic hydroxyl groups is 4. The molecular weight excluding hydrogens is 400 g/mol. The van der Waals surface area contributed by atoms with E-state index >= 15 is 0 Å². The number of aliphatic hydroxyl groups excluding tert-OH is 4. The zero-order valence-corrected chi connectivity index (χ0v) is 19.4. The number of hydrogen-bond donors (Lipinski definition) is 4. The molecule has 0 aromatic carbocycles. The molecule has 0 aromatic rings. The fraction of sp³-hybridized carbons (Fsp3) is 0.958. The highest BCUT2D eigenvalue weighted by molar-refractivity contribution is 5.69. The fourth-order valence-corrected chi connectivity index (χ4v) is 3.96. The smallest absolute Gasteiger partial charge is 0.305 e. The zero-order chi connectivity index (χ0) is 22.9. The van der Waals surface area contributed by atoms with Gasteiger partial charge < -0.3 is 29.9 Å². The second-order valence-corrected chi connectivity index (χ2v) is 8.92. The van der Waals surface area contributed by atoms with Crippen molar-refractivity contribution in [2.45, 2.75) is 140 Å². The number of unbranched alkanes of at least 4 members (excludes halogenated alkanes) is 14. The Morgan fingerprint density at radius 3 is 1.61 bits per heavy atom. The molecule has 1 saturated heterocycles. The third kappa shape index (κ3) is 12.8. The summed E-state index contributed by atoms with van der Waals surface area (Å²) in [5.74, 6) is -0.388. The van der Waals surface area contributed by atoms with Gasteiger partial charge in [0.1, 0.15) is 31.0 Å². The van der Waals surface area contributed by atoms with E-state index in [-0.39, 0.29) is 12.6 Å². The Morgan fingerprint density at radius 1 is 0.677 bits per heavy atom. The largest absolute Gasteiger partial charge is 0.463 e. The van der Waals surface area contributed by atoms with Crippen molar-refractivity contribution in [1.29, 1.82) is 0 Å². The van der Waals surface area contributed by atoms with Crippen LogP contribution in [0.3, 0.4) is 0 Å². The summed E-state index contributed by atoms with van der Waals surface area (Å²) in [5.41, 5.74) is 0. The normalized spacial score (nSPS) is 26.2. The quantitative estimate of drug-likeness (QED) is 0.188. The zero-order valence-electron chi connectivity index (χ0n) is 19.4. The molecule has 0 aliphatic carbocycles. The predicted molar refractivity (Wildman–Crippen MR) is 119 cm³/mol. The topological polar surface area (TPSA) is 116 Å². The Bertz CT molecular complexity index is 446. The lowest BCUT2D eigenvalue weighted by Gasteiger charge is -2.37. The SMILES string of the molecule is CCCCCCCCCCCCCCCCCC(=O)OC[C@H]1O[C@@H](O)[C@H](O)[C@@H](O)[C@H]1O. The second-order valence-electron chi connectivity index (χ2n) is 8.92. The molecule has 1 heterocycles. The van der Waals surface area contributed by atoms with Crippen molar-refractivity contribution in [3.05, 3.63) is 0 Å². The summed E-state index contributed by atoms with van der Waals surface area (Å²) < 4.78 is 10.1. The minimum Gasteiger partial charge on any atom is -0.463 e. The van der Waals surface area contributed by atoms with Gasteiger partial charge in [-0.1, -0.05) is 96.8 Å². The molecule has 7 nitrogen and oxygen atoms in total. The summed E-state index contributed by atoms with van der Waals surface area (Å²) in [6, 6.07) is 0. The molecule has 1 fully saturated rings. The van der Waals surface area contributed by atoms with Gasteiger partial charge in [-0.25, -0.2) is 0 Å². The molecule has 1 aliphatic rings. The van der Waals surface area contributed by atoms with Crippen molar-refractivity contribution < 1.29 is 34.7 Å². The van der Waals surface area contributed by atoms with Crippen molar-refractivity contribution >= 4 is 5.97 Å². The average Bonchev–Trinajstić information content (AvgIpc) is 2.76. The average molecular weight is 447 g/mol. The molecule has 4 N–H and O–H groups in total. The van der Waals surface area contributed by atoms with E-state index in [0.717, 1.165) is 19.3 Å². The highest BCUT2D eigenvalue weighted by Crippen LogP contribution is 2.20. The van der Waals surface area contributed by atoms with Crippen LogP contribution in [0.5, 0.6) is 0 Å². The van der Waals surface area contributed by atoms with Crippen LogP contribution in [0.1, 0.15) is 110 Å². The Balaban J connectivity index is 1.89. The van der Waals surface area contributed by atoms with Crippen molar-refractivity contribution in [1.82, 2.24) is 0 Å². The highest BCUT2D eigenvalue weighted by Gasteiger charge is 2.43. The van der Waals surface area contributed by atoms with Gasteiger partial charge in [0.25, 0.3) is 0 Å². The molecule has 0 bridgehead atoms. The lowest BCUT2D eigenvalue weighted by molar-refractivity contribution is -0.287. The molecule has 184 valence electrons. The summed E-state index contributed by atoms with van der Waals surface area (Å²) >= 11 is 0. The van der Waals surface area contributed by atoms with Crippen LogP contribution >= 0.6 is 0 Å². The van der Waals surface area contributed by atoms with Gasteiger partial charge in [-0.3, -0.25) is 4.79 Å². The molecule has 0 saturated carbocycles. The van der Waals surface area contributed by atoms with E-state index in [0.29, 0.717) is 6.42 Å². The first kappa shape index (κ1) is 28.3. The Kier molecular flexibility index (Phi) is 16.2. The maximum Gasteiger partial charge on any atom is 0.305 e. The monoisotopic (exact) mass is 446 g/mol. The molecule has 1 aliphatic heterocycles. The summed E-state index contributed by atoms with van der Waals surface area (Å²) in [5, 5.41) is 38.3. The van der Waals surface area contributed by atoms with Crippen LogP contribution in [0, 0.1) is 0 Å². The minimum absolute atomic E-state index is 0.264. The first-order valence-corrected chi connectivity index (χ1v) is 12.5. The number of rotatable bonds is 18. The van der Waals surface area contributed by atoms with Crippen molar-refractivity contribution in [3.63, 3.8) is 0 Å². The summed E-state index contributed by atoms with van der Waals surface area (Å²) in [6.07, 6.45) is 12.0. The van der Waals surface area contributed by atoms with Gasteiger partial charge in [-0.2, -0.15) is 0 Å². The van der Waals surface area contributed by atoms with Crippen molar-refractivity contribution in [2.75, 3.05) is 6.61 Å². The van der Waals surface area contributed by atoms with E-state index in [9.17, 15) is 25.2 Å². The number of ether oxygens (including phenoxy) is 2. The Labute approximate surface area is 188 Å². The Morgan fingerprint density at radius 2 is 1.13 bits per heavy atom. The van der Waals surface area contributed by atoms with E-state index in [4.69, 9.17) is 9.47 Å². The van der Waals surface area contributed by atoms with Crippen LogP contribution in [0.2, 0.25) is 0 Å². The van der Waals surface area contributed by atoms with E-state index in [2.05, 4.69) is 6.92 Å². The van der Waals surface area contributed by atoms with Crippen LogP contribution in [0.4, 0.5) is 0 Å². The van der Waals surface area contributed by atoms with E-state index in [1.54, 1.807) is 0 Å². The molecular formula is C24H46O7. The van der Waals surface area contributed by atoms with Crippen molar-refractivity contribution in [3.8, 4) is 0 Å². The lowest BCUT2D eigenvalue weighted by atomic mass is 9.99. The summed E-state index contributed by atoms with van der Waals surface area (Å²) in [4.78, 5) is 11.8. The third-order valence-electron chi connectivity index (χ3n) is 6.08. The molecule has 0 radical (unpaired) electrons. The summed E-state index contributed by atoms with van der Waals surface area (Å²) in [6.45, 7) is 1.99. The van der Waals surface area contributed by atoms with Crippen LogP contribution in [0.15, 0.2) is 0 Å². The number of esters is 1.